The quantitative estimate of drug-likeness (QED) is 0.449. The van der Waals surface area contributed by atoms with Crippen LogP contribution in [0.25, 0.3) is 0 Å². The van der Waals surface area contributed by atoms with Crippen LogP contribution in [0.4, 0.5) is 0 Å². The first kappa shape index (κ1) is 31.7. The van der Waals surface area contributed by atoms with Crippen molar-refractivity contribution in [2.75, 3.05) is 28.4 Å². The molecule has 0 bridgehead atoms. The van der Waals surface area contributed by atoms with E-state index in [0.717, 1.165) is 28.4 Å². The summed E-state index contributed by atoms with van der Waals surface area (Å²) in [5.74, 6) is 0. The Labute approximate surface area is 72.5 Å². The predicted octanol–water partition coefficient (Wildman–Crippen LogP) is -4.22. The molecule has 0 amide bonds. The summed E-state index contributed by atoms with van der Waals surface area (Å²) in [5.41, 5.74) is 0. The Hall–Kier alpha value is 0.328. The zero-order valence-corrected chi connectivity index (χ0v) is 9.38. The second-order valence-electron chi connectivity index (χ2n) is 0. The van der Waals surface area contributed by atoms with Gasteiger partial charge in [-0.2, -0.15) is 28.4 Å². The molecule has 0 aromatic carbocycles. The first-order chi connectivity index (χ1) is 5.00. The van der Waals surface area contributed by atoms with Crippen molar-refractivity contribution in [1.82, 2.24) is 0 Å². The SMILES string of the molecule is C[O-].C[O-].C[O-].C[O-].[O]=[W+4]. The van der Waals surface area contributed by atoms with Gasteiger partial charge in [0.1, 0.15) is 0 Å². The second kappa shape index (κ2) is 6000. The van der Waals surface area contributed by atoms with Gasteiger partial charge in [-0.25, -0.2) is 0 Å². The maximum atomic E-state index is 8.33. The Morgan fingerprint density at radius 2 is 0.600 bits per heavy atom. The molecule has 0 aliphatic carbocycles. The van der Waals surface area contributed by atoms with Crippen molar-refractivity contribution in [2.45, 2.75) is 0 Å². The molecule has 0 unspecified atom stereocenters. The summed E-state index contributed by atoms with van der Waals surface area (Å²) in [6.45, 7) is 0. The van der Waals surface area contributed by atoms with Crippen molar-refractivity contribution in [2.24, 2.45) is 0 Å². The molecule has 0 spiro atoms. The molecular formula is C4H12O5W. The van der Waals surface area contributed by atoms with Crippen molar-refractivity contribution < 1.29 is 43.6 Å². The molecule has 0 rings (SSSR count). The van der Waals surface area contributed by atoms with E-state index in [1.807, 2.05) is 0 Å². The summed E-state index contributed by atoms with van der Waals surface area (Å²) in [6.07, 6.45) is 0. The van der Waals surface area contributed by atoms with Crippen LogP contribution in [0.1, 0.15) is 0 Å². The van der Waals surface area contributed by atoms with Gasteiger partial charge in [0.25, 0.3) is 0 Å². The molecule has 5 nitrogen and oxygen atoms in total. The van der Waals surface area contributed by atoms with Gasteiger partial charge in [0.05, 0.1) is 0 Å². The third-order valence-electron chi connectivity index (χ3n) is 0. The fourth-order valence-corrected chi connectivity index (χ4v) is 0. The van der Waals surface area contributed by atoms with E-state index in [4.69, 9.17) is 23.8 Å². The van der Waals surface area contributed by atoms with Crippen LogP contribution in [-0.2, 0) is 23.2 Å². The van der Waals surface area contributed by atoms with E-state index in [9.17, 15) is 0 Å². The van der Waals surface area contributed by atoms with Crippen LogP contribution in [0.3, 0.4) is 0 Å². The Bertz CT molecular complexity index is 13.6. The summed E-state index contributed by atoms with van der Waals surface area (Å²) < 4.78 is 8.33. The number of hydrogen-bond acceptors (Lipinski definition) is 5. The van der Waals surface area contributed by atoms with Crippen molar-refractivity contribution in [3.05, 3.63) is 0 Å². The van der Waals surface area contributed by atoms with Crippen LogP contribution in [0.15, 0.2) is 0 Å². The molecule has 64 valence electrons. The predicted molar refractivity (Wildman–Crippen MR) is 24.4 cm³/mol. The van der Waals surface area contributed by atoms with Crippen LogP contribution >= 0.6 is 0 Å². The van der Waals surface area contributed by atoms with Crippen LogP contribution in [0, 0.1) is 0 Å². The van der Waals surface area contributed by atoms with Gasteiger partial charge in [-0.1, -0.05) is 0 Å². The van der Waals surface area contributed by atoms with E-state index < -0.39 is 0 Å². The fourth-order valence-electron chi connectivity index (χ4n) is 0. The van der Waals surface area contributed by atoms with Crippen molar-refractivity contribution in [1.29, 1.82) is 0 Å². The summed E-state index contributed by atoms with van der Waals surface area (Å²) in [4.78, 5) is 0. The minimum atomic E-state index is 0.333. The molecule has 10 heavy (non-hydrogen) atoms. The van der Waals surface area contributed by atoms with E-state index in [1.54, 1.807) is 0 Å². The molecular weight excluding hydrogens is 312 g/mol. The zero-order valence-electron chi connectivity index (χ0n) is 6.45. The average molecular weight is 324 g/mol. The van der Waals surface area contributed by atoms with Crippen LogP contribution in [-0.4, -0.2) is 28.4 Å². The van der Waals surface area contributed by atoms with Gasteiger partial charge >= 0.3 is 23.2 Å². The molecule has 0 aromatic rings. The molecule has 0 saturated heterocycles. The van der Waals surface area contributed by atoms with E-state index in [2.05, 4.69) is 0 Å². The van der Waals surface area contributed by atoms with Crippen LogP contribution in [0.2, 0.25) is 0 Å². The summed E-state index contributed by atoms with van der Waals surface area (Å²) in [6, 6.07) is 0. The molecule has 0 fully saturated rings. The van der Waals surface area contributed by atoms with Crippen molar-refractivity contribution in [3.63, 3.8) is 0 Å². The molecule has 0 aliphatic rings. The van der Waals surface area contributed by atoms with E-state index in [1.165, 1.54) is 0 Å². The molecule has 6 heteroatoms. The van der Waals surface area contributed by atoms with Gasteiger partial charge in [-0.05, 0) is 0 Å². The minimum absolute atomic E-state index is 0.333. The summed E-state index contributed by atoms with van der Waals surface area (Å²) in [7, 11) is 3.00. The van der Waals surface area contributed by atoms with Gasteiger partial charge in [-0.3, -0.25) is 0 Å². The first-order valence-electron chi connectivity index (χ1n) is 1.80. The third kappa shape index (κ3) is 4150. The third-order valence-corrected chi connectivity index (χ3v) is 0. The van der Waals surface area contributed by atoms with Crippen LogP contribution in [0.5, 0.6) is 0 Å². The second-order valence-corrected chi connectivity index (χ2v) is 0. The molecule has 0 radical (unpaired) electrons. The number of rotatable bonds is 0. The van der Waals surface area contributed by atoms with Crippen molar-refractivity contribution in [3.8, 4) is 0 Å². The zero-order chi connectivity index (χ0) is 10.0. The van der Waals surface area contributed by atoms with Gasteiger partial charge in [0.2, 0.25) is 0 Å². The molecule has 0 heterocycles. The standard InChI is InChI=1S/4CH3O.O.W/c4*1-2;;/h4*1H3;;/q4*-1;;+4. The molecule has 0 aromatic heterocycles. The first-order valence-corrected chi connectivity index (χ1v) is 3.00. The van der Waals surface area contributed by atoms with Gasteiger partial charge in [0, 0.05) is 0 Å². The van der Waals surface area contributed by atoms with Crippen LogP contribution < -0.4 is 20.4 Å². The monoisotopic (exact) mass is 324 g/mol. The molecule has 0 N–H and O–H groups in total. The fraction of sp³-hybridized carbons (Fsp3) is 1.00. The number of hydrogen-bond donors (Lipinski definition) is 0. The van der Waals surface area contributed by atoms with Gasteiger partial charge < -0.3 is 20.4 Å². The Morgan fingerprint density at radius 1 is 0.600 bits per heavy atom. The van der Waals surface area contributed by atoms with E-state index in [0.29, 0.717) is 19.8 Å². The summed E-state index contributed by atoms with van der Waals surface area (Å²) >= 11 is 0.333. The molecule has 0 saturated carbocycles. The van der Waals surface area contributed by atoms with E-state index >= 15 is 0 Å². The van der Waals surface area contributed by atoms with Gasteiger partial charge in [0.15, 0.2) is 0 Å². The molecule has 0 atom stereocenters. The van der Waals surface area contributed by atoms with Gasteiger partial charge in [-0.15, -0.1) is 0 Å². The average Bonchev–Trinajstić information content (AvgIpc) is 2.20. The Balaban J connectivity index is -0.0000000104. The molecule has 0 aliphatic heterocycles. The summed E-state index contributed by atoms with van der Waals surface area (Å²) in [5, 5.41) is 33.0. The normalized spacial score (nSPS) is 3.00. The van der Waals surface area contributed by atoms with E-state index in [-0.39, 0.29) is 0 Å². The topological polar surface area (TPSA) is 109 Å². The Morgan fingerprint density at radius 3 is 0.600 bits per heavy atom. The maximum absolute atomic E-state index is 8.33. The Kier molecular flexibility index (Phi) is 19000. The van der Waals surface area contributed by atoms with Crippen molar-refractivity contribution >= 4 is 0 Å².